The summed E-state index contributed by atoms with van der Waals surface area (Å²) in [6, 6.07) is 4.61. The molecule has 0 aliphatic rings. The lowest BCUT2D eigenvalue weighted by Crippen LogP contribution is -1.97. The Morgan fingerprint density at radius 1 is 1.69 bits per heavy atom. The number of hydrogen-bond acceptors (Lipinski definition) is 4. The van der Waals surface area contributed by atoms with E-state index in [4.69, 9.17) is 5.26 Å². The van der Waals surface area contributed by atoms with Crippen LogP contribution in [-0.4, -0.2) is 9.91 Å². The molecule has 1 aromatic heterocycles. The minimum atomic E-state index is -0.549. The summed E-state index contributed by atoms with van der Waals surface area (Å²) in [5, 5.41) is 18.8. The molecule has 0 bridgehead atoms. The van der Waals surface area contributed by atoms with E-state index in [2.05, 4.69) is 20.9 Å². The SMILES string of the molecule is N#CCc1nc(Br)ccc1[N+](=O)[O-]. The average molecular weight is 242 g/mol. The van der Waals surface area contributed by atoms with Crippen molar-refractivity contribution in [3.8, 4) is 6.07 Å². The van der Waals surface area contributed by atoms with Gasteiger partial charge in [-0.3, -0.25) is 10.1 Å². The Labute approximate surface area is 82.3 Å². The van der Waals surface area contributed by atoms with Gasteiger partial charge in [0.05, 0.1) is 17.4 Å². The fourth-order valence-corrected chi connectivity index (χ4v) is 1.18. The lowest BCUT2D eigenvalue weighted by atomic mass is 10.2. The molecule has 1 aromatic rings. The van der Waals surface area contributed by atoms with Crippen LogP contribution in [0, 0.1) is 21.4 Å². The summed E-state index contributed by atoms with van der Waals surface area (Å²) in [5.41, 5.74) is 0.0617. The first kappa shape index (κ1) is 9.61. The fraction of sp³-hybridized carbons (Fsp3) is 0.143. The van der Waals surface area contributed by atoms with Crippen LogP contribution in [0.4, 0.5) is 5.69 Å². The van der Waals surface area contributed by atoms with Crippen LogP contribution in [-0.2, 0) is 6.42 Å². The van der Waals surface area contributed by atoms with E-state index >= 15 is 0 Å². The molecule has 66 valence electrons. The van der Waals surface area contributed by atoms with Gasteiger partial charge >= 0.3 is 0 Å². The zero-order valence-electron chi connectivity index (χ0n) is 6.40. The zero-order chi connectivity index (χ0) is 9.84. The Morgan fingerprint density at radius 3 is 2.92 bits per heavy atom. The quantitative estimate of drug-likeness (QED) is 0.450. The van der Waals surface area contributed by atoms with Gasteiger partial charge in [0, 0.05) is 6.07 Å². The van der Waals surface area contributed by atoms with Crippen LogP contribution in [0.3, 0.4) is 0 Å². The Balaban J connectivity index is 3.20. The highest BCUT2D eigenvalue weighted by Crippen LogP contribution is 2.19. The van der Waals surface area contributed by atoms with E-state index in [1.807, 2.05) is 6.07 Å². The van der Waals surface area contributed by atoms with Crippen molar-refractivity contribution < 1.29 is 4.92 Å². The predicted octanol–water partition coefficient (Wildman–Crippen LogP) is 1.82. The van der Waals surface area contributed by atoms with Crippen LogP contribution in [0.2, 0.25) is 0 Å². The van der Waals surface area contributed by atoms with Gasteiger partial charge in [-0.2, -0.15) is 5.26 Å². The van der Waals surface area contributed by atoms with Gasteiger partial charge in [-0.15, -0.1) is 0 Å². The number of pyridine rings is 1. The fourth-order valence-electron chi connectivity index (χ4n) is 0.839. The highest BCUT2D eigenvalue weighted by Gasteiger charge is 2.14. The number of nitriles is 1. The first-order chi connectivity index (χ1) is 6.15. The maximum absolute atomic E-state index is 10.4. The van der Waals surface area contributed by atoms with Crippen molar-refractivity contribution in [3.05, 3.63) is 32.5 Å². The molecular weight excluding hydrogens is 238 g/mol. The molecule has 0 atom stereocenters. The third-order valence-electron chi connectivity index (χ3n) is 1.36. The van der Waals surface area contributed by atoms with Crippen LogP contribution < -0.4 is 0 Å². The summed E-state index contributed by atoms with van der Waals surface area (Å²) in [7, 11) is 0. The van der Waals surface area contributed by atoms with E-state index in [-0.39, 0.29) is 17.8 Å². The predicted molar refractivity (Wildman–Crippen MR) is 47.9 cm³/mol. The molecule has 0 aliphatic heterocycles. The number of aromatic nitrogens is 1. The minimum absolute atomic E-state index is 0.0598. The number of hydrogen-bond donors (Lipinski definition) is 0. The molecule has 0 unspecified atom stereocenters. The summed E-state index contributed by atoms with van der Waals surface area (Å²) in [6.45, 7) is 0. The van der Waals surface area contributed by atoms with Crippen molar-refractivity contribution >= 4 is 21.6 Å². The van der Waals surface area contributed by atoms with Gasteiger partial charge in [-0.05, 0) is 22.0 Å². The monoisotopic (exact) mass is 241 g/mol. The first-order valence-corrected chi connectivity index (χ1v) is 4.11. The topological polar surface area (TPSA) is 79.8 Å². The third-order valence-corrected chi connectivity index (χ3v) is 1.80. The third kappa shape index (κ3) is 2.23. The van der Waals surface area contributed by atoms with Crippen molar-refractivity contribution in [3.63, 3.8) is 0 Å². The Kier molecular flexibility index (Phi) is 2.93. The molecule has 13 heavy (non-hydrogen) atoms. The van der Waals surface area contributed by atoms with Gasteiger partial charge in [-0.25, -0.2) is 4.98 Å². The van der Waals surface area contributed by atoms with Crippen LogP contribution in [0.1, 0.15) is 5.69 Å². The van der Waals surface area contributed by atoms with Gasteiger partial charge in [-0.1, -0.05) is 0 Å². The number of nitrogens with zero attached hydrogens (tertiary/aromatic N) is 3. The molecule has 0 amide bonds. The van der Waals surface area contributed by atoms with Crippen molar-refractivity contribution in [2.75, 3.05) is 0 Å². The van der Waals surface area contributed by atoms with Crippen LogP contribution in [0.25, 0.3) is 0 Å². The van der Waals surface area contributed by atoms with Crippen LogP contribution in [0.5, 0.6) is 0 Å². The largest absolute Gasteiger partial charge is 0.291 e. The molecule has 5 nitrogen and oxygen atoms in total. The summed E-state index contributed by atoms with van der Waals surface area (Å²) >= 11 is 3.07. The Hall–Kier alpha value is -1.48. The van der Waals surface area contributed by atoms with E-state index in [0.717, 1.165) is 0 Å². The lowest BCUT2D eigenvalue weighted by molar-refractivity contribution is -0.385. The second kappa shape index (κ2) is 3.96. The maximum Gasteiger partial charge on any atom is 0.291 e. The highest BCUT2D eigenvalue weighted by molar-refractivity contribution is 9.10. The van der Waals surface area contributed by atoms with E-state index in [1.54, 1.807) is 0 Å². The van der Waals surface area contributed by atoms with Crippen molar-refractivity contribution in [2.24, 2.45) is 0 Å². The minimum Gasteiger partial charge on any atom is -0.258 e. The van der Waals surface area contributed by atoms with Gasteiger partial charge in [0.25, 0.3) is 5.69 Å². The van der Waals surface area contributed by atoms with Crippen LogP contribution >= 0.6 is 15.9 Å². The molecule has 0 N–H and O–H groups in total. The lowest BCUT2D eigenvalue weighted by Gasteiger charge is -1.97. The normalized spacial score (nSPS) is 9.23. The summed E-state index contributed by atoms with van der Waals surface area (Å²) in [4.78, 5) is 13.7. The molecule has 0 aliphatic carbocycles. The van der Waals surface area contributed by atoms with Gasteiger partial charge in [0.1, 0.15) is 10.3 Å². The van der Waals surface area contributed by atoms with Crippen LogP contribution in [0.15, 0.2) is 16.7 Å². The molecule has 0 spiro atoms. The first-order valence-electron chi connectivity index (χ1n) is 3.32. The van der Waals surface area contributed by atoms with E-state index in [0.29, 0.717) is 4.60 Å². The summed E-state index contributed by atoms with van der Waals surface area (Å²) in [6.07, 6.45) is -0.0598. The smallest absolute Gasteiger partial charge is 0.258 e. The molecular formula is C7H4BrN3O2. The molecule has 0 saturated carbocycles. The molecule has 0 saturated heterocycles. The number of nitro groups is 1. The maximum atomic E-state index is 10.4. The molecule has 0 fully saturated rings. The molecule has 1 rings (SSSR count). The molecule has 0 aromatic carbocycles. The molecule has 6 heteroatoms. The van der Waals surface area contributed by atoms with E-state index in [9.17, 15) is 10.1 Å². The number of rotatable bonds is 2. The second-order valence-electron chi connectivity index (χ2n) is 2.19. The Bertz CT molecular complexity index is 386. The standard InChI is InChI=1S/C7H4BrN3O2/c8-7-2-1-6(11(12)13)5(10-7)3-4-9/h1-2H,3H2. The van der Waals surface area contributed by atoms with Gasteiger partial charge in [0.15, 0.2) is 0 Å². The highest BCUT2D eigenvalue weighted by atomic mass is 79.9. The van der Waals surface area contributed by atoms with Gasteiger partial charge < -0.3 is 0 Å². The summed E-state index contributed by atoms with van der Waals surface area (Å²) in [5.74, 6) is 0. The average Bonchev–Trinajstić information content (AvgIpc) is 2.04. The van der Waals surface area contributed by atoms with E-state index in [1.165, 1.54) is 12.1 Å². The zero-order valence-corrected chi connectivity index (χ0v) is 7.98. The second-order valence-corrected chi connectivity index (χ2v) is 3.00. The molecule has 1 heterocycles. The number of halogens is 1. The Morgan fingerprint density at radius 2 is 2.38 bits per heavy atom. The van der Waals surface area contributed by atoms with Crippen molar-refractivity contribution in [2.45, 2.75) is 6.42 Å². The van der Waals surface area contributed by atoms with E-state index < -0.39 is 4.92 Å². The van der Waals surface area contributed by atoms with Crippen molar-refractivity contribution in [1.82, 2.24) is 4.98 Å². The molecule has 0 radical (unpaired) electrons. The van der Waals surface area contributed by atoms with Gasteiger partial charge in [0.2, 0.25) is 0 Å². The van der Waals surface area contributed by atoms with Crippen molar-refractivity contribution in [1.29, 1.82) is 5.26 Å². The summed E-state index contributed by atoms with van der Waals surface area (Å²) < 4.78 is 0.489.